The molecular formula is C17H19N3O2. The lowest BCUT2D eigenvalue weighted by Gasteiger charge is -2.09. The Labute approximate surface area is 129 Å². The zero-order chi connectivity index (χ0) is 15.7. The minimum Gasteiger partial charge on any atom is -0.491 e. The molecule has 5 nitrogen and oxygen atoms in total. The van der Waals surface area contributed by atoms with E-state index in [0.717, 1.165) is 16.9 Å². The summed E-state index contributed by atoms with van der Waals surface area (Å²) < 4.78 is 7.43. The number of rotatable bonds is 4. The maximum atomic E-state index is 9.42. The summed E-state index contributed by atoms with van der Waals surface area (Å²) in [4.78, 5) is 4.58. The van der Waals surface area contributed by atoms with Crippen LogP contribution in [-0.4, -0.2) is 20.6 Å². The van der Waals surface area contributed by atoms with E-state index in [0.29, 0.717) is 17.2 Å². The highest BCUT2D eigenvalue weighted by atomic mass is 16.5. The second-order valence-corrected chi connectivity index (χ2v) is 5.42. The molecule has 0 aliphatic heterocycles. The van der Waals surface area contributed by atoms with E-state index in [9.17, 15) is 5.11 Å². The number of nitrogen functional groups attached to an aromatic ring is 1. The first-order valence-electron chi connectivity index (χ1n) is 7.23. The van der Waals surface area contributed by atoms with E-state index in [4.69, 9.17) is 10.5 Å². The largest absolute Gasteiger partial charge is 0.491 e. The van der Waals surface area contributed by atoms with Crippen LogP contribution in [0, 0.1) is 0 Å². The predicted molar refractivity (Wildman–Crippen MR) is 86.7 cm³/mol. The van der Waals surface area contributed by atoms with Crippen molar-refractivity contribution in [1.29, 1.82) is 0 Å². The fourth-order valence-electron chi connectivity index (χ4n) is 2.44. The first kappa shape index (κ1) is 14.4. The molecule has 0 fully saturated rings. The monoisotopic (exact) mass is 297 g/mol. The average molecular weight is 297 g/mol. The van der Waals surface area contributed by atoms with Crippen LogP contribution in [0.25, 0.3) is 16.9 Å². The highest BCUT2D eigenvalue weighted by molar-refractivity contribution is 5.76. The van der Waals surface area contributed by atoms with Gasteiger partial charge in [-0.25, -0.2) is 4.98 Å². The number of nitrogens with two attached hydrogens (primary N) is 1. The number of ether oxygens (including phenoxy) is 1. The molecule has 0 unspecified atom stereocenters. The van der Waals surface area contributed by atoms with Crippen molar-refractivity contribution in [2.75, 3.05) is 5.73 Å². The summed E-state index contributed by atoms with van der Waals surface area (Å²) in [7, 11) is 0. The van der Waals surface area contributed by atoms with Crippen LogP contribution in [-0.2, 0) is 6.61 Å². The van der Waals surface area contributed by atoms with E-state index in [1.807, 2.05) is 56.4 Å². The molecule has 3 N–H and O–H groups in total. The van der Waals surface area contributed by atoms with E-state index in [1.54, 1.807) is 4.40 Å². The van der Waals surface area contributed by atoms with E-state index in [-0.39, 0.29) is 12.7 Å². The molecule has 2 aromatic heterocycles. The van der Waals surface area contributed by atoms with Gasteiger partial charge in [0.05, 0.1) is 12.7 Å². The van der Waals surface area contributed by atoms with E-state index in [2.05, 4.69) is 4.98 Å². The number of fused-ring (bicyclic) bond motifs is 1. The van der Waals surface area contributed by atoms with Crippen LogP contribution < -0.4 is 10.5 Å². The molecule has 114 valence electrons. The number of nitrogens with zero attached hydrogens (tertiary/aromatic N) is 2. The minimum absolute atomic E-state index is 0.0681. The van der Waals surface area contributed by atoms with Gasteiger partial charge in [0.1, 0.15) is 22.9 Å². The SMILES string of the molecule is CC(C)Oc1ccc(-c2nc3c(CO)cccn3c2N)cc1. The van der Waals surface area contributed by atoms with E-state index < -0.39 is 0 Å². The number of hydrogen-bond acceptors (Lipinski definition) is 4. The molecule has 0 saturated heterocycles. The summed E-state index contributed by atoms with van der Waals surface area (Å²) in [6.07, 6.45) is 1.98. The van der Waals surface area contributed by atoms with Crippen molar-refractivity contribution in [3.05, 3.63) is 48.2 Å². The number of imidazole rings is 1. The highest BCUT2D eigenvalue weighted by Gasteiger charge is 2.13. The molecule has 3 aromatic rings. The van der Waals surface area contributed by atoms with Crippen molar-refractivity contribution >= 4 is 11.5 Å². The summed E-state index contributed by atoms with van der Waals surface area (Å²) in [6.45, 7) is 3.91. The highest BCUT2D eigenvalue weighted by Crippen LogP contribution is 2.29. The number of aliphatic hydroxyl groups is 1. The van der Waals surface area contributed by atoms with Crippen molar-refractivity contribution in [1.82, 2.24) is 9.38 Å². The van der Waals surface area contributed by atoms with Gasteiger partial charge in [-0.2, -0.15) is 0 Å². The van der Waals surface area contributed by atoms with Crippen LogP contribution in [0.4, 0.5) is 5.82 Å². The molecule has 5 heteroatoms. The Balaban J connectivity index is 2.04. The van der Waals surface area contributed by atoms with Gasteiger partial charge in [0.15, 0.2) is 0 Å². The normalized spacial score (nSPS) is 11.3. The van der Waals surface area contributed by atoms with Crippen LogP contribution in [0.2, 0.25) is 0 Å². The fraction of sp³-hybridized carbons (Fsp3) is 0.235. The van der Waals surface area contributed by atoms with Crippen molar-refractivity contribution in [2.24, 2.45) is 0 Å². The molecule has 0 amide bonds. The summed E-state index contributed by atoms with van der Waals surface area (Å²) in [5, 5.41) is 9.42. The van der Waals surface area contributed by atoms with E-state index >= 15 is 0 Å². The Hall–Kier alpha value is -2.53. The molecule has 0 saturated carbocycles. The zero-order valence-electron chi connectivity index (χ0n) is 12.7. The third-order valence-electron chi connectivity index (χ3n) is 3.44. The zero-order valence-corrected chi connectivity index (χ0v) is 12.7. The average Bonchev–Trinajstić information content (AvgIpc) is 2.85. The number of aliphatic hydroxyl groups excluding tert-OH is 1. The van der Waals surface area contributed by atoms with Gasteiger partial charge in [-0.05, 0) is 44.2 Å². The minimum atomic E-state index is -0.0681. The van der Waals surface area contributed by atoms with Gasteiger partial charge in [0.2, 0.25) is 0 Å². The molecule has 22 heavy (non-hydrogen) atoms. The molecule has 0 aliphatic carbocycles. The molecule has 0 radical (unpaired) electrons. The lowest BCUT2D eigenvalue weighted by Crippen LogP contribution is -2.05. The van der Waals surface area contributed by atoms with Crippen molar-refractivity contribution in [3.8, 4) is 17.0 Å². The van der Waals surface area contributed by atoms with Crippen LogP contribution in [0.15, 0.2) is 42.6 Å². The fourth-order valence-corrected chi connectivity index (χ4v) is 2.44. The van der Waals surface area contributed by atoms with Crippen LogP contribution in [0.1, 0.15) is 19.4 Å². The van der Waals surface area contributed by atoms with Crippen molar-refractivity contribution < 1.29 is 9.84 Å². The number of aromatic nitrogens is 2. The first-order valence-corrected chi connectivity index (χ1v) is 7.23. The number of anilines is 1. The maximum absolute atomic E-state index is 9.42. The van der Waals surface area contributed by atoms with Crippen LogP contribution >= 0.6 is 0 Å². The third-order valence-corrected chi connectivity index (χ3v) is 3.44. The van der Waals surface area contributed by atoms with Gasteiger partial charge in [0, 0.05) is 17.3 Å². The van der Waals surface area contributed by atoms with Gasteiger partial charge >= 0.3 is 0 Å². The molecule has 3 rings (SSSR count). The smallest absolute Gasteiger partial charge is 0.144 e. The molecule has 1 aromatic carbocycles. The van der Waals surface area contributed by atoms with Gasteiger partial charge < -0.3 is 15.6 Å². The van der Waals surface area contributed by atoms with E-state index in [1.165, 1.54) is 0 Å². The number of hydrogen-bond donors (Lipinski definition) is 2. The summed E-state index contributed by atoms with van der Waals surface area (Å²) in [5.41, 5.74) is 9.26. The second kappa shape index (κ2) is 5.69. The Bertz CT molecular complexity index is 792. The first-order chi connectivity index (χ1) is 10.6. The molecule has 0 spiro atoms. The molecular weight excluding hydrogens is 278 g/mol. The van der Waals surface area contributed by atoms with Crippen LogP contribution in [0.5, 0.6) is 5.75 Å². The molecule has 0 aliphatic rings. The number of pyridine rings is 1. The molecule has 2 heterocycles. The standard InChI is InChI=1S/C17H19N3O2/c1-11(2)22-14-7-5-12(6-8-14)15-16(18)20-9-3-4-13(10-21)17(20)19-15/h3-9,11,21H,10,18H2,1-2H3. The summed E-state index contributed by atoms with van der Waals surface area (Å²) in [6, 6.07) is 11.4. The Morgan fingerprint density at radius 2 is 1.95 bits per heavy atom. The van der Waals surface area contributed by atoms with Crippen molar-refractivity contribution in [3.63, 3.8) is 0 Å². The second-order valence-electron chi connectivity index (χ2n) is 5.42. The van der Waals surface area contributed by atoms with Crippen LogP contribution in [0.3, 0.4) is 0 Å². The Morgan fingerprint density at radius 3 is 2.59 bits per heavy atom. The lowest BCUT2D eigenvalue weighted by molar-refractivity contribution is 0.242. The van der Waals surface area contributed by atoms with Crippen molar-refractivity contribution in [2.45, 2.75) is 26.6 Å². The van der Waals surface area contributed by atoms with Gasteiger partial charge in [0.25, 0.3) is 0 Å². The quantitative estimate of drug-likeness (QED) is 0.776. The lowest BCUT2D eigenvalue weighted by atomic mass is 10.1. The Morgan fingerprint density at radius 1 is 1.23 bits per heavy atom. The van der Waals surface area contributed by atoms with Gasteiger partial charge in [-0.3, -0.25) is 4.40 Å². The maximum Gasteiger partial charge on any atom is 0.144 e. The topological polar surface area (TPSA) is 72.8 Å². The summed E-state index contributed by atoms with van der Waals surface area (Å²) >= 11 is 0. The third kappa shape index (κ3) is 2.51. The Kier molecular flexibility index (Phi) is 3.73. The molecule has 0 atom stereocenters. The van der Waals surface area contributed by atoms with Gasteiger partial charge in [-0.15, -0.1) is 0 Å². The molecule has 0 bridgehead atoms. The summed E-state index contributed by atoms with van der Waals surface area (Å²) in [5.74, 6) is 1.37. The predicted octanol–water partition coefficient (Wildman–Crippen LogP) is 2.86. The number of benzene rings is 1. The van der Waals surface area contributed by atoms with Gasteiger partial charge in [-0.1, -0.05) is 6.07 Å².